The van der Waals surface area contributed by atoms with Gasteiger partial charge in [-0.15, -0.1) is 0 Å². The van der Waals surface area contributed by atoms with Crippen LogP contribution < -0.4 is 5.32 Å². The molecule has 1 rings (SSSR count). The van der Waals surface area contributed by atoms with Crippen molar-refractivity contribution in [1.82, 2.24) is 10.2 Å². The van der Waals surface area contributed by atoms with Crippen LogP contribution in [0.5, 0.6) is 0 Å². The van der Waals surface area contributed by atoms with Gasteiger partial charge in [0.1, 0.15) is 6.04 Å². The molecule has 0 saturated carbocycles. The molecule has 1 aliphatic heterocycles. The van der Waals surface area contributed by atoms with Gasteiger partial charge in [0.15, 0.2) is 0 Å². The molecule has 1 heterocycles. The SMILES string of the molecule is CCC1CN(C(=O)N[C@@H](CCSC)C(=O)O)CCS1. The number of rotatable bonds is 6. The monoisotopic (exact) mass is 306 g/mol. The summed E-state index contributed by atoms with van der Waals surface area (Å²) in [5.74, 6) is 0.694. The molecule has 0 aromatic heterocycles. The minimum absolute atomic E-state index is 0.243. The van der Waals surface area contributed by atoms with Crippen LogP contribution in [-0.2, 0) is 4.79 Å². The van der Waals surface area contributed by atoms with E-state index >= 15 is 0 Å². The summed E-state index contributed by atoms with van der Waals surface area (Å²) in [6.07, 6.45) is 3.42. The van der Waals surface area contributed by atoms with Crippen LogP contribution in [0, 0.1) is 0 Å². The Morgan fingerprint density at radius 2 is 2.32 bits per heavy atom. The molecule has 2 N–H and O–H groups in total. The fourth-order valence-corrected chi connectivity index (χ4v) is 3.54. The summed E-state index contributed by atoms with van der Waals surface area (Å²) >= 11 is 3.46. The molecule has 1 aliphatic rings. The van der Waals surface area contributed by atoms with Gasteiger partial charge in [-0.1, -0.05) is 6.92 Å². The Labute approximate surface area is 122 Å². The molecule has 2 amide bonds. The van der Waals surface area contributed by atoms with Gasteiger partial charge in [0.25, 0.3) is 0 Å². The van der Waals surface area contributed by atoms with Crippen molar-refractivity contribution in [2.75, 3.05) is 30.9 Å². The van der Waals surface area contributed by atoms with Gasteiger partial charge in [-0.05, 0) is 24.9 Å². The molecule has 1 saturated heterocycles. The van der Waals surface area contributed by atoms with Gasteiger partial charge in [-0.25, -0.2) is 9.59 Å². The maximum absolute atomic E-state index is 12.1. The number of carboxylic acids is 1. The Balaban J connectivity index is 2.48. The highest BCUT2D eigenvalue weighted by Gasteiger charge is 2.26. The van der Waals surface area contributed by atoms with Crippen molar-refractivity contribution >= 4 is 35.5 Å². The smallest absolute Gasteiger partial charge is 0.326 e. The minimum Gasteiger partial charge on any atom is -0.480 e. The third kappa shape index (κ3) is 5.52. The van der Waals surface area contributed by atoms with Gasteiger partial charge in [0.05, 0.1) is 0 Å². The molecule has 2 atom stereocenters. The number of carbonyl (C=O) groups is 2. The summed E-state index contributed by atoms with van der Waals surface area (Å²) in [6.45, 7) is 3.52. The van der Waals surface area contributed by atoms with Crippen LogP contribution in [0.2, 0.25) is 0 Å². The van der Waals surface area contributed by atoms with Crippen LogP contribution in [0.3, 0.4) is 0 Å². The molecular weight excluding hydrogens is 284 g/mol. The maximum Gasteiger partial charge on any atom is 0.326 e. The number of hydrogen-bond donors (Lipinski definition) is 2. The van der Waals surface area contributed by atoms with Gasteiger partial charge in [-0.3, -0.25) is 0 Å². The van der Waals surface area contributed by atoms with Gasteiger partial charge in [0, 0.05) is 24.1 Å². The highest BCUT2D eigenvalue weighted by atomic mass is 32.2. The first-order chi connectivity index (χ1) is 9.08. The van der Waals surface area contributed by atoms with Gasteiger partial charge in [-0.2, -0.15) is 23.5 Å². The van der Waals surface area contributed by atoms with Crippen molar-refractivity contribution < 1.29 is 14.7 Å². The summed E-state index contributed by atoms with van der Waals surface area (Å²) in [4.78, 5) is 24.9. The lowest BCUT2D eigenvalue weighted by Gasteiger charge is -2.32. The normalized spacial score (nSPS) is 20.9. The summed E-state index contributed by atoms with van der Waals surface area (Å²) in [5, 5.41) is 12.2. The molecule has 0 spiro atoms. The van der Waals surface area contributed by atoms with Crippen LogP contribution in [0.1, 0.15) is 19.8 Å². The predicted octanol–water partition coefficient (Wildman–Crippen LogP) is 1.73. The lowest BCUT2D eigenvalue weighted by Crippen LogP contribution is -2.51. The zero-order valence-electron chi connectivity index (χ0n) is 11.4. The summed E-state index contributed by atoms with van der Waals surface area (Å²) in [7, 11) is 0. The zero-order valence-corrected chi connectivity index (χ0v) is 13.1. The topological polar surface area (TPSA) is 69.6 Å². The molecule has 0 bridgehead atoms. The summed E-state index contributed by atoms with van der Waals surface area (Å²) in [6, 6.07) is -1.03. The number of hydrogen-bond acceptors (Lipinski definition) is 4. The Morgan fingerprint density at radius 3 is 2.89 bits per heavy atom. The van der Waals surface area contributed by atoms with Gasteiger partial charge in [0.2, 0.25) is 0 Å². The number of amides is 2. The third-order valence-corrected chi connectivity index (χ3v) is 5.10. The second-order valence-corrected chi connectivity index (χ2v) is 6.86. The van der Waals surface area contributed by atoms with E-state index in [9.17, 15) is 9.59 Å². The Morgan fingerprint density at radius 1 is 1.58 bits per heavy atom. The Hall–Kier alpha value is -0.560. The Kier molecular flexibility index (Phi) is 7.45. The third-order valence-electron chi connectivity index (χ3n) is 3.09. The molecule has 1 unspecified atom stereocenters. The van der Waals surface area contributed by atoms with E-state index in [1.165, 1.54) is 0 Å². The Bertz CT molecular complexity index is 315. The number of urea groups is 1. The fraction of sp³-hybridized carbons (Fsp3) is 0.833. The second-order valence-electron chi connectivity index (χ2n) is 4.47. The fourth-order valence-electron chi connectivity index (χ4n) is 1.88. The van der Waals surface area contributed by atoms with Crippen molar-refractivity contribution in [3.05, 3.63) is 0 Å². The van der Waals surface area contributed by atoms with E-state index in [0.29, 0.717) is 24.8 Å². The molecular formula is C12H22N2O3S2. The molecule has 19 heavy (non-hydrogen) atoms. The van der Waals surface area contributed by atoms with Crippen molar-refractivity contribution in [1.29, 1.82) is 0 Å². The lowest BCUT2D eigenvalue weighted by molar-refractivity contribution is -0.139. The predicted molar refractivity (Wildman–Crippen MR) is 81.1 cm³/mol. The van der Waals surface area contributed by atoms with Crippen molar-refractivity contribution in [2.45, 2.75) is 31.1 Å². The maximum atomic E-state index is 12.1. The van der Waals surface area contributed by atoms with Gasteiger partial charge < -0.3 is 15.3 Å². The second kappa shape index (κ2) is 8.58. The van der Waals surface area contributed by atoms with E-state index in [1.807, 2.05) is 18.0 Å². The molecule has 5 nitrogen and oxygen atoms in total. The first-order valence-corrected chi connectivity index (χ1v) is 8.91. The number of carbonyl (C=O) groups excluding carboxylic acids is 1. The lowest BCUT2D eigenvalue weighted by atomic mass is 10.2. The average molecular weight is 306 g/mol. The number of nitrogens with one attached hydrogen (secondary N) is 1. The number of carboxylic acid groups (broad SMARTS) is 1. The molecule has 1 fully saturated rings. The van der Waals surface area contributed by atoms with Gasteiger partial charge >= 0.3 is 12.0 Å². The molecule has 0 aromatic carbocycles. The highest BCUT2D eigenvalue weighted by molar-refractivity contribution is 8.00. The van der Waals surface area contributed by atoms with E-state index in [0.717, 1.165) is 17.9 Å². The van der Waals surface area contributed by atoms with Crippen LogP contribution in [0.25, 0.3) is 0 Å². The highest BCUT2D eigenvalue weighted by Crippen LogP contribution is 2.21. The molecule has 110 valence electrons. The van der Waals surface area contributed by atoms with Crippen molar-refractivity contribution in [3.8, 4) is 0 Å². The molecule has 7 heteroatoms. The molecule has 0 aliphatic carbocycles. The van der Waals surface area contributed by atoms with E-state index in [4.69, 9.17) is 5.11 Å². The van der Waals surface area contributed by atoms with E-state index in [1.54, 1.807) is 16.7 Å². The van der Waals surface area contributed by atoms with Crippen LogP contribution >= 0.6 is 23.5 Å². The zero-order chi connectivity index (χ0) is 14.3. The van der Waals surface area contributed by atoms with E-state index in [2.05, 4.69) is 12.2 Å². The van der Waals surface area contributed by atoms with Crippen LogP contribution in [0.15, 0.2) is 0 Å². The summed E-state index contributed by atoms with van der Waals surface area (Å²) < 4.78 is 0. The first kappa shape index (κ1) is 16.5. The quantitative estimate of drug-likeness (QED) is 0.782. The van der Waals surface area contributed by atoms with Crippen molar-refractivity contribution in [2.24, 2.45) is 0 Å². The number of aliphatic carboxylic acids is 1. The van der Waals surface area contributed by atoms with Crippen LogP contribution in [-0.4, -0.2) is 64.1 Å². The largest absolute Gasteiger partial charge is 0.480 e. The standard InChI is InChI=1S/C12H22N2O3S2/c1-3-9-8-14(5-7-19-9)12(17)13-10(11(15)16)4-6-18-2/h9-10H,3-8H2,1-2H3,(H,13,17)(H,15,16)/t9?,10-/m0/s1. The molecule has 0 aromatic rings. The van der Waals surface area contributed by atoms with Crippen molar-refractivity contribution in [3.63, 3.8) is 0 Å². The van der Waals surface area contributed by atoms with E-state index < -0.39 is 12.0 Å². The molecule has 0 radical (unpaired) electrons. The van der Waals surface area contributed by atoms with E-state index in [-0.39, 0.29) is 6.03 Å². The minimum atomic E-state index is -0.958. The first-order valence-electron chi connectivity index (χ1n) is 6.47. The number of thioether (sulfide) groups is 2. The number of nitrogens with zero attached hydrogens (tertiary/aromatic N) is 1. The summed E-state index contributed by atoms with van der Waals surface area (Å²) in [5.41, 5.74) is 0. The van der Waals surface area contributed by atoms with Crippen LogP contribution in [0.4, 0.5) is 4.79 Å². The average Bonchev–Trinajstić information content (AvgIpc) is 2.42.